The van der Waals surface area contributed by atoms with Gasteiger partial charge in [-0.15, -0.1) is 0 Å². The topological polar surface area (TPSA) is 113 Å². The van der Waals surface area contributed by atoms with Crippen molar-refractivity contribution in [3.8, 4) is 0 Å². The van der Waals surface area contributed by atoms with Crippen LogP contribution in [0.4, 0.5) is 4.39 Å². The van der Waals surface area contributed by atoms with Crippen molar-refractivity contribution >= 4 is 17.8 Å². The van der Waals surface area contributed by atoms with Crippen LogP contribution in [0.3, 0.4) is 0 Å². The molecule has 0 spiro atoms. The van der Waals surface area contributed by atoms with E-state index in [1.54, 1.807) is 0 Å². The van der Waals surface area contributed by atoms with Crippen LogP contribution in [0.2, 0.25) is 0 Å². The van der Waals surface area contributed by atoms with Crippen LogP contribution in [0.1, 0.15) is 39.0 Å². The Morgan fingerprint density at radius 3 is 2.20 bits per heavy atom. The predicted molar refractivity (Wildman–Crippen MR) is 57.5 cm³/mol. The van der Waals surface area contributed by atoms with E-state index < -0.39 is 36.5 Å². The summed E-state index contributed by atoms with van der Waals surface area (Å²) in [5.74, 6) is -4.03. The van der Waals surface area contributed by atoms with Gasteiger partial charge < -0.3 is 20.1 Å². The van der Waals surface area contributed by atoms with Gasteiger partial charge in [-0.2, -0.15) is 0 Å². The van der Waals surface area contributed by atoms with E-state index in [2.05, 4.69) is 4.99 Å². The molecule has 9 heteroatoms. The van der Waals surface area contributed by atoms with Crippen LogP contribution >= 0.6 is 0 Å². The Kier molecular flexibility index (Phi) is 18.1. The fraction of sp³-hybridized carbons (Fsp3) is 0.727. The van der Waals surface area contributed by atoms with Crippen molar-refractivity contribution in [1.82, 2.24) is 0 Å². The number of alkyl halides is 1. The molecule has 0 aliphatic carbocycles. The van der Waals surface area contributed by atoms with E-state index in [0.29, 0.717) is 12.8 Å². The third-order valence-electron chi connectivity index (χ3n) is 2.27. The smallest absolute Gasteiger partial charge is 0.860 e. The molecule has 0 aromatic rings. The third kappa shape index (κ3) is 12.1. The molecule has 0 fully saturated rings. The van der Waals surface area contributed by atoms with Crippen molar-refractivity contribution in [2.75, 3.05) is 0 Å². The minimum atomic E-state index is -1.82. The minimum Gasteiger partial charge on any atom is -0.860 e. The second-order valence-corrected chi connectivity index (χ2v) is 3.84. The predicted octanol–water partition coefficient (Wildman–Crippen LogP) is -6.74. The zero-order chi connectivity index (χ0) is 14.1. The molecule has 0 rings (SSSR count). The van der Waals surface area contributed by atoms with Gasteiger partial charge in [0.1, 0.15) is 12.2 Å². The van der Waals surface area contributed by atoms with Gasteiger partial charge in [0.25, 0.3) is 0 Å². The quantitative estimate of drug-likeness (QED) is 0.258. The van der Waals surface area contributed by atoms with E-state index in [9.17, 15) is 24.2 Å². The molecular weight excluding hydrogens is 291 g/mol. The average molecular weight is 307 g/mol. The number of aliphatic imine (C=N–C) groups is 1. The first-order valence-electron chi connectivity index (χ1n) is 5.69. The number of rotatable bonds is 9. The number of aliphatic carboxylic acids is 2. The van der Waals surface area contributed by atoms with E-state index in [1.165, 1.54) is 0 Å². The van der Waals surface area contributed by atoms with E-state index in [4.69, 9.17) is 5.11 Å². The van der Waals surface area contributed by atoms with Gasteiger partial charge in [0.05, 0.1) is 0 Å². The van der Waals surface area contributed by atoms with Crippen molar-refractivity contribution in [2.45, 2.75) is 51.2 Å². The molecule has 0 radical (unpaired) electrons. The average Bonchev–Trinajstić information content (AvgIpc) is 2.30. The summed E-state index contributed by atoms with van der Waals surface area (Å²) in [5.41, 5.74) is 0. The Balaban J connectivity index is -0.00000144. The molecule has 0 saturated heterocycles. The van der Waals surface area contributed by atoms with Crippen LogP contribution in [0, 0.1) is 0 Å². The van der Waals surface area contributed by atoms with E-state index >= 15 is 0 Å². The second kappa shape index (κ2) is 14.3. The van der Waals surface area contributed by atoms with Crippen molar-refractivity contribution in [1.29, 1.82) is 0 Å². The van der Waals surface area contributed by atoms with Gasteiger partial charge in [-0.25, -0.2) is 9.18 Å². The first kappa shape index (κ1) is 25.3. The molecule has 0 aromatic heterocycles. The first-order valence-corrected chi connectivity index (χ1v) is 5.69. The van der Waals surface area contributed by atoms with Crippen LogP contribution in [0.5, 0.6) is 0 Å². The van der Waals surface area contributed by atoms with Gasteiger partial charge in [-0.3, -0.25) is 4.99 Å². The fourth-order valence-corrected chi connectivity index (χ4v) is 1.24. The summed E-state index contributed by atoms with van der Waals surface area (Å²) in [7, 11) is 0. The number of carboxylic acids is 2. The van der Waals surface area contributed by atoms with Gasteiger partial charge in [0.2, 0.25) is 0 Å². The van der Waals surface area contributed by atoms with E-state index in [-0.39, 0.29) is 72.0 Å². The first-order chi connectivity index (χ1) is 8.38. The van der Waals surface area contributed by atoms with Crippen molar-refractivity contribution in [2.24, 2.45) is 4.99 Å². The van der Waals surface area contributed by atoms with Crippen LogP contribution in [-0.2, 0) is 9.59 Å². The number of carbonyl (C=O) groups is 2. The SMILES string of the molecule is CCCCC(F)C([O-])=N[C@@H](CCC(=O)[O-])C(=O)O.[Na+].[Na+]. The number of unbranched alkanes of at least 4 members (excludes halogenated alkanes) is 1. The van der Waals surface area contributed by atoms with E-state index in [1.807, 2.05) is 6.92 Å². The molecule has 0 bridgehead atoms. The summed E-state index contributed by atoms with van der Waals surface area (Å²) in [5, 5.41) is 30.1. The maximum atomic E-state index is 13.2. The largest absolute Gasteiger partial charge is 1.00 e. The molecule has 6 nitrogen and oxygen atoms in total. The molecule has 20 heavy (non-hydrogen) atoms. The molecule has 0 aliphatic rings. The zero-order valence-electron chi connectivity index (χ0n) is 12.1. The number of halogens is 1. The van der Waals surface area contributed by atoms with Gasteiger partial charge >= 0.3 is 65.1 Å². The molecule has 0 heterocycles. The summed E-state index contributed by atoms with van der Waals surface area (Å²) in [6, 6.07) is -1.53. The van der Waals surface area contributed by atoms with Crippen LogP contribution < -0.4 is 69.3 Å². The maximum absolute atomic E-state index is 13.2. The van der Waals surface area contributed by atoms with Crippen molar-refractivity contribution in [3.05, 3.63) is 0 Å². The monoisotopic (exact) mass is 307 g/mol. The number of hydrogen-bond acceptors (Lipinski definition) is 5. The fourth-order valence-electron chi connectivity index (χ4n) is 1.24. The molecule has 1 unspecified atom stereocenters. The standard InChI is InChI=1S/C11H18FNO5.2Na/c1-2-3-4-7(12)10(16)13-8(11(17)18)5-6-9(14)15;;/h7-8H,2-6H2,1H3,(H,13,16)(H,14,15)(H,17,18);;/q;2*+1/p-2/t7?,8-;;/m0../s1. The summed E-state index contributed by atoms with van der Waals surface area (Å²) in [4.78, 5) is 24.1. The molecule has 0 amide bonds. The summed E-state index contributed by atoms with van der Waals surface area (Å²) < 4.78 is 13.2. The molecule has 0 aromatic carbocycles. The summed E-state index contributed by atoms with van der Waals surface area (Å²) >= 11 is 0. The number of carboxylic acid groups (broad SMARTS) is 2. The molecule has 2 atom stereocenters. The molecular formula is C11H16FNNa2O5. The molecule has 0 saturated carbocycles. The normalized spacial score (nSPS) is 13.6. The van der Waals surface area contributed by atoms with Crippen LogP contribution in [0.25, 0.3) is 0 Å². The Morgan fingerprint density at radius 1 is 1.25 bits per heavy atom. The van der Waals surface area contributed by atoms with E-state index in [0.717, 1.165) is 0 Å². The van der Waals surface area contributed by atoms with Gasteiger partial charge in [0, 0.05) is 5.97 Å². The van der Waals surface area contributed by atoms with Gasteiger partial charge in [-0.05, 0) is 25.2 Å². The maximum Gasteiger partial charge on any atom is 1.00 e. The number of carbonyl (C=O) groups excluding carboxylic acids is 1. The molecule has 0 aliphatic heterocycles. The Hall–Kier alpha value is 0.340. The zero-order valence-corrected chi connectivity index (χ0v) is 16.1. The number of nitrogens with zero attached hydrogens (tertiary/aromatic N) is 1. The van der Waals surface area contributed by atoms with Crippen LogP contribution in [0.15, 0.2) is 4.99 Å². The minimum absolute atomic E-state index is 0. The summed E-state index contributed by atoms with van der Waals surface area (Å²) in [6.07, 6.45) is -1.55. The summed E-state index contributed by atoms with van der Waals surface area (Å²) in [6.45, 7) is 1.83. The number of hydrogen-bond donors (Lipinski definition) is 1. The second-order valence-electron chi connectivity index (χ2n) is 3.84. The Labute approximate surface area is 161 Å². The molecule has 1 N–H and O–H groups in total. The van der Waals surface area contributed by atoms with Crippen molar-refractivity contribution < 1.29 is 88.4 Å². The Bertz CT molecular complexity index is 328. The Morgan fingerprint density at radius 2 is 1.80 bits per heavy atom. The molecule has 104 valence electrons. The van der Waals surface area contributed by atoms with Gasteiger partial charge in [-0.1, -0.05) is 19.8 Å². The van der Waals surface area contributed by atoms with Gasteiger partial charge in [0.15, 0.2) is 0 Å². The van der Waals surface area contributed by atoms with Crippen LogP contribution in [-0.4, -0.2) is 35.2 Å². The third-order valence-corrected chi connectivity index (χ3v) is 2.27. The van der Waals surface area contributed by atoms with Crippen molar-refractivity contribution in [3.63, 3.8) is 0 Å².